The quantitative estimate of drug-likeness (QED) is 0.560. The van der Waals surface area contributed by atoms with Crippen molar-refractivity contribution in [2.24, 2.45) is 0 Å². The Balaban J connectivity index is 1.44. The molecule has 1 saturated carbocycles. The number of rotatable bonds is 9. The van der Waals surface area contributed by atoms with E-state index in [-0.39, 0.29) is 36.7 Å². The molecule has 0 unspecified atom stereocenters. The first kappa shape index (κ1) is 24.0. The van der Waals surface area contributed by atoms with Gasteiger partial charge in [0.05, 0.1) is 18.0 Å². The number of carbonyl (C=O) groups is 2. The molecule has 10 heteroatoms. The lowest BCUT2D eigenvalue weighted by Gasteiger charge is -2.26. The van der Waals surface area contributed by atoms with Crippen LogP contribution in [0.4, 0.5) is 0 Å². The Hall–Kier alpha value is -3.11. The standard InChI is InChI=1S/C24H29N3O6S/c28-23(26-19-7-3-1-4-8-19)16-27(15-18-11-12-21-22(13-18)33-17-32-21)24(29)14-25-34(30,31)20-9-5-2-6-10-20/h2,5-6,9-13,19,25H,1,3-4,7-8,14-17H2,(H,26,28). The van der Waals surface area contributed by atoms with Gasteiger partial charge < -0.3 is 19.7 Å². The number of hydrogen-bond acceptors (Lipinski definition) is 6. The van der Waals surface area contributed by atoms with Crippen LogP contribution >= 0.6 is 0 Å². The van der Waals surface area contributed by atoms with Crippen molar-refractivity contribution in [3.05, 3.63) is 54.1 Å². The van der Waals surface area contributed by atoms with Gasteiger partial charge in [-0.2, -0.15) is 0 Å². The predicted molar refractivity (Wildman–Crippen MR) is 125 cm³/mol. The molecule has 2 amide bonds. The summed E-state index contributed by atoms with van der Waals surface area (Å²) in [6, 6.07) is 13.2. The van der Waals surface area contributed by atoms with E-state index in [1.807, 2.05) is 0 Å². The van der Waals surface area contributed by atoms with Crippen LogP contribution in [0.25, 0.3) is 0 Å². The monoisotopic (exact) mass is 487 g/mol. The fraction of sp³-hybridized carbons (Fsp3) is 0.417. The molecule has 1 fully saturated rings. The molecule has 2 aromatic carbocycles. The van der Waals surface area contributed by atoms with Crippen LogP contribution in [-0.2, 0) is 26.2 Å². The van der Waals surface area contributed by atoms with Gasteiger partial charge in [0.1, 0.15) is 0 Å². The molecule has 182 valence electrons. The van der Waals surface area contributed by atoms with E-state index < -0.39 is 22.5 Å². The van der Waals surface area contributed by atoms with Gasteiger partial charge in [-0.1, -0.05) is 43.5 Å². The second-order valence-electron chi connectivity index (χ2n) is 8.48. The zero-order valence-electron chi connectivity index (χ0n) is 18.9. The molecule has 0 atom stereocenters. The van der Waals surface area contributed by atoms with Crippen LogP contribution < -0.4 is 19.5 Å². The predicted octanol–water partition coefficient (Wildman–Crippen LogP) is 2.17. The number of sulfonamides is 1. The number of benzene rings is 2. The summed E-state index contributed by atoms with van der Waals surface area (Å²) in [5.41, 5.74) is 0.744. The molecule has 0 aromatic heterocycles. The summed E-state index contributed by atoms with van der Waals surface area (Å²) in [6.07, 6.45) is 5.18. The van der Waals surface area contributed by atoms with Gasteiger partial charge in [-0.15, -0.1) is 0 Å². The molecule has 34 heavy (non-hydrogen) atoms. The van der Waals surface area contributed by atoms with Gasteiger partial charge in [-0.3, -0.25) is 9.59 Å². The summed E-state index contributed by atoms with van der Waals surface area (Å²) < 4.78 is 38.2. The largest absolute Gasteiger partial charge is 0.454 e. The second-order valence-corrected chi connectivity index (χ2v) is 10.2. The van der Waals surface area contributed by atoms with Crippen LogP contribution in [0.1, 0.15) is 37.7 Å². The number of amides is 2. The van der Waals surface area contributed by atoms with Crippen LogP contribution in [-0.4, -0.2) is 51.1 Å². The third kappa shape index (κ3) is 6.27. The summed E-state index contributed by atoms with van der Waals surface area (Å²) >= 11 is 0. The summed E-state index contributed by atoms with van der Waals surface area (Å²) in [5, 5.41) is 3.01. The molecule has 0 saturated heterocycles. The highest BCUT2D eigenvalue weighted by atomic mass is 32.2. The van der Waals surface area contributed by atoms with Gasteiger partial charge in [0.15, 0.2) is 11.5 Å². The summed E-state index contributed by atoms with van der Waals surface area (Å²) in [5.74, 6) is 0.427. The lowest BCUT2D eigenvalue weighted by Crippen LogP contribution is -2.47. The second kappa shape index (κ2) is 10.9. The first-order chi connectivity index (χ1) is 16.4. The first-order valence-corrected chi connectivity index (χ1v) is 12.9. The number of nitrogens with one attached hydrogen (secondary N) is 2. The maximum absolute atomic E-state index is 13.1. The van der Waals surface area contributed by atoms with Crippen molar-refractivity contribution in [3.63, 3.8) is 0 Å². The number of ether oxygens (including phenoxy) is 2. The van der Waals surface area contributed by atoms with Gasteiger partial charge >= 0.3 is 0 Å². The molecular formula is C24H29N3O6S. The minimum absolute atomic E-state index is 0.0696. The first-order valence-electron chi connectivity index (χ1n) is 11.4. The fourth-order valence-electron chi connectivity index (χ4n) is 4.14. The zero-order chi connectivity index (χ0) is 24.0. The third-order valence-corrected chi connectivity index (χ3v) is 7.35. The molecule has 0 radical (unpaired) electrons. The van der Waals surface area contributed by atoms with Crippen LogP contribution in [0.15, 0.2) is 53.4 Å². The Labute approximate surface area is 199 Å². The lowest BCUT2D eigenvalue weighted by molar-refractivity contribution is -0.136. The molecule has 2 N–H and O–H groups in total. The van der Waals surface area contributed by atoms with Crippen LogP contribution in [0.5, 0.6) is 11.5 Å². The molecular weight excluding hydrogens is 458 g/mol. The van der Waals surface area contributed by atoms with Gasteiger partial charge in [-0.25, -0.2) is 13.1 Å². The van der Waals surface area contributed by atoms with E-state index in [0.717, 1.165) is 31.2 Å². The van der Waals surface area contributed by atoms with Crippen molar-refractivity contribution < 1.29 is 27.5 Å². The van der Waals surface area contributed by atoms with Crippen molar-refractivity contribution in [2.45, 2.75) is 49.6 Å². The molecule has 0 bridgehead atoms. The Bertz CT molecular complexity index is 1120. The zero-order valence-corrected chi connectivity index (χ0v) is 19.7. The van der Waals surface area contributed by atoms with Crippen molar-refractivity contribution >= 4 is 21.8 Å². The highest BCUT2D eigenvalue weighted by molar-refractivity contribution is 7.89. The smallest absolute Gasteiger partial charge is 0.241 e. The van der Waals surface area contributed by atoms with Crippen molar-refractivity contribution in [2.75, 3.05) is 19.9 Å². The van der Waals surface area contributed by atoms with E-state index in [1.54, 1.807) is 36.4 Å². The molecule has 1 aliphatic carbocycles. The van der Waals surface area contributed by atoms with E-state index >= 15 is 0 Å². The summed E-state index contributed by atoms with van der Waals surface area (Å²) in [7, 11) is -3.86. The van der Waals surface area contributed by atoms with E-state index in [9.17, 15) is 18.0 Å². The van der Waals surface area contributed by atoms with E-state index in [1.165, 1.54) is 23.5 Å². The van der Waals surface area contributed by atoms with Crippen LogP contribution in [0.2, 0.25) is 0 Å². The SMILES string of the molecule is O=C(CN(Cc1ccc2c(c1)OCO2)C(=O)CNS(=O)(=O)c1ccccc1)NC1CCCCC1. The average molecular weight is 488 g/mol. The van der Waals surface area contributed by atoms with Gasteiger partial charge in [-0.05, 0) is 42.7 Å². The maximum Gasteiger partial charge on any atom is 0.241 e. The lowest BCUT2D eigenvalue weighted by atomic mass is 9.95. The van der Waals surface area contributed by atoms with Crippen molar-refractivity contribution in [1.82, 2.24) is 14.9 Å². The van der Waals surface area contributed by atoms with Crippen molar-refractivity contribution in [1.29, 1.82) is 0 Å². The molecule has 2 aromatic rings. The number of carbonyl (C=O) groups excluding carboxylic acids is 2. The molecule has 4 rings (SSSR count). The average Bonchev–Trinajstić information content (AvgIpc) is 3.31. The van der Waals surface area contributed by atoms with E-state index in [0.29, 0.717) is 11.5 Å². The number of hydrogen-bond donors (Lipinski definition) is 2. The minimum Gasteiger partial charge on any atom is -0.454 e. The summed E-state index contributed by atoms with van der Waals surface area (Å²) in [4.78, 5) is 27.2. The Morgan fingerprint density at radius 2 is 1.71 bits per heavy atom. The highest BCUT2D eigenvalue weighted by Crippen LogP contribution is 2.32. The Kier molecular flexibility index (Phi) is 7.69. The van der Waals surface area contributed by atoms with E-state index in [2.05, 4.69) is 10.0 Å². The fourth-order valence-corrected chi connectivity index (χ4v) is 5.13. The number of nitrogens with zero attached hydrogens (tertiary/aromatic N) is 1. The van der Waals surface area contributed by atoms with Gasteiger partial charge in [0.2, 0.25) is 28.6 Å². The highest BCUT2D eigenvalue weighted by Gasteiger charge is 2.24. The van der Waals surface area contributed by atoms with E-state index in [4.69, 9.17) is 9.47 Å². The normalized spacial score (nSPS) is 15.6. The van der Waals surface area contributed by atoms with Crippen LogP contribution in [0.3, 0.4) is 0 Å². The van der Waals surface area contributed by atoms with Crippen LogP contribution in [0, 0.1) is 0 Å². The molecule has 2 aliphatic rings. The Morgan fingerprint density at radius 1 is 0.971 bits per heavy atom. The molecule has 1 heterocycles. The maximum atomic E-state index is 13.1. The number of fused-ring (bicyclic) bond motifs is 1. The van der Waals surface area contributed by atoms with Gasteiger partial charge in [0, 0.05) is 12.6 Å². The van der Waals surface area contributed by atoms with Gasteiger partial charge in [0.25, 0.3) is 0 Å². The third-order valence-electron chi connectivity index (χ3n) is 5.93. The minimum atomic E-state index is -3.86. The Morgan fingerprint density at radius 3 is 2.47 bits per heavy atom. The topological polar surface area (TPSA) is 114 Å². The molecule has 9 nitrogen and oxygen atoms in total. The molecule has 0 spiro atoms. The summed E-state index contributed by atoms with van der Waals surface area (Å²) in [6.45, 7) is -0.373. The molecule has 1 aliphatic heterocycles. The van der Waals surface area contributed by atoms with Crippen molar-refractivity contribution in [3.8, 4) is 11.5 Å².